The first-order chi connectivity index (χ1) is 23.6. The van der Waals surface area contributed by atoms with Gasteiger partial charge in [-0.2, -0.15) is 0 Å². The third-order valence-electron chi connectivity index (χ3n) is 11.7. The minimum atomic E-state index is -3.82. The van der Waals surface area contributed by atoms with Crippen molar-refractivity contribution in [3.05, 3.63) is 94.5 Å². The number of carbonyl (C=O) groups excluding carboxylic acids is 1. The Hall–Kier alpha value is -3.31. The van der Waals surface area contributed by atoms with Gasteiger partial charge in [-0.05, 0) is 119 Å². The Morgan fingerprint density at radius 2 is 1.67 bits per heavy atom. The molecule has 3 atom stereocenters. The van der Waals surface area contributed by atoms with E-state index in [2.05, 4.69) is 39.3 Å². The van der Waals surface area contributed by atoms with Crippen LogP contribution in [0.3, 0.4) is 0 Å². The average Bonchev–Trinajstić information content (AvgIpc) is 3.78. The molecule has 49 heavy (non-hydrogen) atoms. The number of hydrogen-bond donors (Lipinski definition) is 1. The summed E-state index contributed by atoms with van der Waals surface area (Å²) in [6, 6.07) is 21.4. The lowest BCUT2D eigenvalue weighted by molar-refractivity contribution is 0.0606. The number of halogens is 2. The minimum Gasteiger partial charge on any atom is -0.339 e. The number of amides is 1. The third-order valence-corrected chi connectivity index (χ3v) is 13.8. The van der Waals surface area contributed by atoms with Gasteiger partial charge < -0.3 is 9.47 Å². The highest BCUT2D eigenvalue weighted by atomic mass is 35.5. The zero-order valence-corrected chi connectivity index (χ0v) is 29.4. The highest BCUT2D eigenvalue weighted by Gasteiger charge is 2.44. The van der Waals surface area contributed by atoms with Crippen LogP contribution in [0.2, 0.25) is 5.02 Å². The molecule has 0 spiro atoms. The summed E-state index contributed by atoms with van der Waals surface area (Å²) in [4.78, 5) is 23.1. The molecule has 1 aromatic heterocycles. The van der Waals surface area contributed by atoms with Crippen molar-refractivity contribution in [1.82, 2.24) is 24.1 Å². The lowest BCUT2D eigenvalue weighted by atomic mass is 9.70. The maximum atomic E-state index is 14.7. The number of imidazole rings is 1. The van der Waals surface area contributed by atoms with E-state index in [-0.39, 0.29) is 38.7 Å². The van der Waals surface area contributed by atoms with Crippen LogP contribution in [-0.4, -0.2) is 71.4 Å². The predicted molar refractivity (Wildman–Crippen MR) is 189 cm³/mol. The zero-order valence-electron chi connectivity index (χ0n) is 27.8. The minimum absolute atomic E-state index is 0.0413. The second-order valence-electron chi connectivity index (χ2n) is 14.6. The van der Waals surface area contributed by atoms with Crippen molar-refractivity contribution in [3.63, 3.8) is 0 Å². The van der Waals surface area contributed by atoms with E-state index in [0.29, 0.717) is 44.1 Å². The van der Waals surface area contributed by atoms with Gasteiger partial charge in [-0.3, -0.25) is 9.69 Å². The molecule has 3 saturated heterocycles. The van der Waals surface area contributed by atoms with E-state index in [9.17, 15) is 17.6 Å². The van der Waals surface area contributed by atoms with Crippen LogP contribution < -0.4 is 4.72 Å². The molecule has 1 amide bonds. The van der Waals surface area contributed by atoms with Crippen LogP contribution in [0.4, 0.5) is 4.39 Å². The third kappa shape index (κ3) is 6.19. The Morgan fingerprint density at radius 1 is 0.959 bits per heavy atom. The maximum absolute atomic E-state index is 14.7. The van der Waals surface area contributed by atoms with Crippen LogP contribution in [0.5, 0.6) is 0 Å². The Bertz CT molecular complexity index is 1990. The summed E-state index contributed by atoms with van der Waals surface area (Å²) in [5.74, 6) is 0.558. The molecule has 1 N–H and O–H groups in total. The molecule has 2 bridgehead atoms. The van der Waals surface area contributed by atoms with Crippen molar-refractivity contribution < 1.29 is 17.6 Å². The number of sulfonamides is 1. The Labute approximate surface area is 292 Å². The van der Waals surface area contributed by atoms with Crippen LogP contribution in [0.15, 0.2) is 71.6 Å². The van der Waals surface area contributed by atoms with Crippen molar-refractivity contribution in [2.45, 2.75) is 99.2 Å². The Balaban J connectivity index is 0.985. The number of nitrogens with zero attached hydrogens (tertiary/aromatic N) is 4. The lowest BCUT2D eigenvalue weighted by Gasteiger charge is -2.45. The molecule has 258 valence electrons. The number of aryl methyl sites for hydroxylation is 1. The quantitative estimate of drug-likeness (QED) is 0.203. The summed E-state index contributed by atoms with van der Waals surface area (Å²) in [5.41, 5.74) is 3.17. The van der Waals surface area contributed by atoms with Crippen molar-refractivity contribution in [2.24, 2.45) is 0 Å². The summed E-state index contributed by atoms with van der Waals surface area (Å²) >= 11 is 6.61. The highest BCUT2D eigenvalue weighted by Crippen LogP contribution is 2.45. The van der Waals surface area contributed by atoms with Crippen molar-refractivity contribution in [2.75, 3.05) is 19.6 Å². The summed E-state index contributed by atoms with van der Waals surface area (Å²) in [6.45, 7) is 4.00. The molecule has 0 unspecified atom stereocenters. The average molecular weight is 704 g/mol. The molecular formula is C38H43ClFN5O3S. The number of aromatic nitrogens is 2. The summed E-state index contributed by atoms with van der Waals surface area (Å²) < 4.78 is 45.7. The van der Waals surface area contributed by atoms with Gasteiger partial charge in [0.1, 0.15) is 16.5 Å². The van der Waals surface area contributed by atoms with Crippen LogP contribution in [0.1, 0.15) is 85.6 Å². The summed E-state index contributed by atoms with van der Waals surface area (Å²) in [6.07, 6.45) is 8.43. The molecule has 8 nitrogen and oxygen atoms in total. The SMILES string of the molecule is Cc1nc2ccccc2n1[C@H]1C[C@H]2CC[C@@H](C1)N2CCC1(c2cccc(F)c2)CCN(C(=O)c2cccc(S(=O)(=O)NC3CC3)c2Cl)CC1. The zero-order chi connectivity index (χ0) is 33.9. The van der Waals surface area contributed by atoms with Crippen LogP contribution >= 0.6 is 11.6 Å². The summed E-state index contributed by atoms with van der Waals surface area (Å²) in [5, 5.41) is -0.0413. The molecule has 11 heteroatoms. The first kappa shape index (κ1) is 32.9. The lowest BCUT2D eigenvalue weighted by Crippen LogP contribution is -2.49. The second kappa shape index (κ2) is 12.8. The molecule has 8 rings (SSSR count). The van der Waals surface area contributed by atoms with Gasteiger partial charge in [0.15, 0.2) is 0 Å². The second-order valence-corrected chi connectivity index (χ2v) is 16.7. The van der Waals surface area contributed by atoms with E-state index in [1.807, 2.05) is 12.1 Å². The Morgan fingerprint density at radius 3 is 2.39 bits per heavy atom. The van der Waals surface area contributed by atoms with Crippen molar-refractivity contribution in [3.8, 4) is 0 Å². The number of hydrogen-bond acceptors (Lipinski definition) is 5. The highest BCUT2D eigenvalue weighted by molar-refractivity contribution is 7.89. The van der Waals surface area contributed by atoms with Gasteiger partial charge in [0.2, 0.25) is 10.0 Å². The molecular weight excluding hydrogens is 661 g/mol. The molecule has 3 aliphatic heterocycles. The van der Waals surface area contributed by atoms with E-state index in [1.54, 1.807) is 29.2 Å². The van der Waals surface area contributed by atoms with Gasteiger partial charge in [0, 0.05) is 37.3 Å². The van der Waals surface area contributed by atoms with Gasteiger partial charge in [-0.1, -0.05) is 41.9 Å². The molecule has 4 aliphatic rings. The van der Waals surface area contributed by atoms with E-state index < -0.39 is 10.0 Å². The van der Waals surface area contributed by atoms with Crippen LogP contribution in [0, 0.1) is 12.7 Å². The number of likely N-dealkylation sites (tertiary alicyclic amines) is 1. The number of nitrogens with one attached hydrogen (secondary N) is 1. The van der Waals surface area contributed by atoms with Gasteiger partial charge in [0.05, 0.1) is 21.6 Å². The fraction of sp³-hybridized carbons (Fsp3) is 0.474. The molecule has 1 saturated carbocycles. The predicted octanol–water partition coefficient (Wildman–Crippen LogP) is 7.01. The first-order valence-electron chi connectivity index (χ1n) is 17.7. The van der Waals surface area contributed by atoms with E-state index in [0.717, 1.165) is 55.6 Å². The van der Waals surface area contributed by atoms with E-state index in [1.165, 1.54) is 30.5 Å². The number of para-hydroxylation sites is 2. The fourth-order valence-electron chi connectivity index (χ4n) is 8.97. The number of piperidine rings is 2. The Kier molecular flexibility index (Phi) is 8.57. The van der Waals surface area contributed by atoms with Gasteiger partial charge in [0.25, 0.3) is 5.91 Å². The fourth-order valence-corrected chi connectivity index (χ4v) is 10.9. The smallest absolute Gasteiger partial charge is 0.255 e. The monoisotopic (exact) mass is 703 g/mol. The maximum Gasteiger partial charge on any atom is 0.255 e. The standard InChI is InChI=1S/C38H43ClFN5O3S/c1-25-41-33-9-2-3-10-34(33)45(25)31-23-29-14-15-30(24-31)44(29)21-18-38(26-6-4-7-27(40)22-26)16-19-43(20-17-38)37(46)32-8-5-11-35(36(32)39)49(47,48)42-28-12-13-28/h2-11,22,28-31,42H,12-21,23-24H2,1H3/t29-,30+,31+. The molecule has 0 radical (unpaired) electrons. The molecule has 4 aromatic rings. The largest absolute Gasteiger partial charge is 0.339 e. The van der Waals surface area contributed by atoms with Crippen molar-refractivity contribution in [1.29, 1.82) is 0 Å². The number of fused-ring (bicyclic) bond motifs is 3. The van der Waals surface area contributed by atoms with Gasteiger partial charge >= 0.3 is 0 Å². The van der Waals surface area contributed by atoms with Gasteiger partial charge in [-0.15, -0.1) is 0 Å². The number of benzene rings is 3. The van der Waals surface area contributed by atoms with Crippen LogP contribution in [0.25, 0.3) is 11.0 Å². The van der Waals surface area contributed by atoms with E-state index in [4.69, 9.17) is 16.6 Å². The molecule has 1 aliphatic carbocycles. The van der Waals surface area contributed by atoms with E-state index >= 15 is 0 Å². The molecule has 4 heterocycles. The topological polar surface area (TPSA) is 87.5 Å². The number of carbonyl (C=O) groups is 1. The number of rotatable bonds is 9. The summed E-state index contributed by atoms with van der Waals surface area (Å²) in [7, 11) is -3.82. The first-order valence-corrected chi connectivity index (χ1v) is 19.5. The van der Waals surface area contributed by atoms with Crippen molar-refractivity contribution >= 4 is 38.6 Å². The molecule has 3 aromatic carbocycles. The van der Waals surface area contributed by atoms with Crippen LogP contribution in [-0.2, 0) is 15.4 Å². The normalized spacial score (nSPS) is 24.1. The molecule has 4 fully saturated rings. The van der Waals surface area contributed by atoms with Gasteiger partial charge in [-0.25, -0.2) is 22.5 Å².